The van der Waals surface area contributed by atoms with Gasteiger partial charge in [-0.15, -0.1) is 0 Å². The maximum absolute atomic E-state index is 12.1. The second kappa shape index (κ2) is 8.63. The van der Waals surface area contributed by atoms with Crippen LogP contribution in [0.2, 0.25) is 0 Å². The minimum absolute atomic E-state index is 0.161. The Hall–Kier alpha value is -3.15. The van der Waals surface area contributed by atoms with Crippen LogP contribution in [-0.2, 0) is 13.0 Å². The molecule has 2 heterocycles. The molecule has 0 saturated carbocycles. The van der Waals surface area contributed by atoms with Gasteiger partial charge in [-0.05, 0) is 30.5 Å². The number of anilines is 1. The van der Waals surface area contributed by atoms with Gasteiger partial charge in [0.25, 0.3) is 5.91 Å². The van der Waals surface area contributed by atoms with Crippen LogP contribution in [0.1, 0.15) is 28.1 Å². The fraction of sp³-hybridized carbons (Fsp3) is 0.211. The minimum Gasteiger partial charge on any atom is -0.467 e. The summed E-state index contributed by atoms with van der Waals surface area (Å²) in [7, 11) is 0. The number of furan rings is 1. The second-order valence-electron chi connectivity index (χ2n) is 5.57. The number of hydrogen-bond donors (Lipinski definition) is 2. The van der Waals surface area contributed by atoms with E-state index in [1.807, 2.05) is 30.3 Å². The highest BCUT2D eigenvalue weighted by molar-refractivity contribution is 5.93. The van der Waals surface area contributed by atoms with Crippen molar-refractivity contribution in [2.24, 2.45) is 0 Å². The predicted octanol–water partition coefficient (Wildman–Crippen LogP) is 3.04. The Morgan fingerprint density at radius 2 is 1.84 bits per heavy atom. The van der Waals surface area contributed by atoms with Gasteiger partial charge in [-0.1, -0.05) is 30.3 Å². The maximum atomic E-state index is 12.1. The fourth-order valence-electron chi connectivity index (χ4n) is 2.36. The third-order valence-corrected chi connectivity index (χ3v) is 3.69. The van der Waals surface area contributed by atoms with Gasteiger partial charge in [0.1, 0.15) is 5.76 Å². The van der Waals surface area contributed by atoms with Crippen molar-refractivity contribution < 1.29 is 9.21 Å². The zero-order chi connectivity index (χ0) is 17.3. The standard InChI is InChI=1S/C19H20N4O2/c24-18(20-10-4-8-15-6-2-1-3-7-15)16-12-21-19(22-13-16)23-14-17-9-5-11-25-17/h1-3,5-7,9,11-13H,4,8,10,14H2,(H,20,24)(H,21,22,23). The second-order valence-corrected chi connectivity index (χ2v) is 5.57. The Labute approximate surface area is 146 Å². The third kappa shape index (κ3) is 5.17. The summed E-state index contributed by atoms with van der Waals surface area (Å²) in [6.07, 6.45) is 6.48. The average Bonchev–Trinajstić information content (AvgIpc) is 3.18. The van der Waals surface area contributed by atoms with Gasteiger partial charge in [0, 0.05) is 18.9 Å². The van der Waals surface area contributed by atoms with Crippen molar-refractivity contribution >= 4 is 11.9 Å². The number of carbonyl (C=O) groups is 1. The van der Waals surface area contributed by atoms with Crippen LogP contribution in [0.4, 0.5) is 5.95 Å². The number of amides is 1. The summed E-state index contributed by atoms with van der Waals surface area (Å²) in [6, 6.07) is 13.9. The molecule has 0 fully saturated rings. The molecular formula is C19H20N4O2. The van der Waals surface area contributed by atoms with Gasteiger partial charge in [0.2, 0.25) is 5.95 Å². The van der Waals surface area contributed by atoms with Crippen LogP contribution in [0.15, 0.2) is 65.5 Å². The topological polar surface area (TPSA) is 80.0 Å². The van der Waals surface area contributed by atoms with Gasteiger partial charge < -0.3 is 15.1 Å². The van der Waals surface area contributed by atoms with Crippen molar-refractivity contribution in [3.63, 3.8) is 0 Å². The van der Waals surface area contributed by atoms with Crippen LogP contribution in [0.5, 0.6) is 0 Å². The molecule has 2 aromatic heterocycles. The first kappa shape index (κ1) is 16.7. The largest absolute Gasteiger partial charge is 0.467 e. The normalized spacial score (nSPS) is 10.4. The summed E-state index contributed by atoms with van der Waals surface area (Å²) in [5.74, 6) is 1.09. The number of carbonyl (C=O) groups excluding carboxylic acids is 1. The lowest BCUT2D eigenvalue weighted by Crippen LogP contribution is -2.25. The molecule has 0 unspecified atom stereocenters. The van der Waals surface area contributed by atoms with Crippen molar-refractivity contribution in [2.45, 2.75) is 19.4 Å². The van der Waals surface area contributed by atoms with Crippen molar-refractivity contribution in [3.05, 3.63) is 78.0 Å². The lowest BCUT2D eigenvalue weighted by Gasteiger charge is -2.06. The van der Waals surface area contributed by atoms with E-state index in [1.54, 1.807) is 6.26 Å². The number of benzene rings is 1. The summed E-state index contributed by atoms with van der Waals surface area (Å²) in [5.41, 5.74) is 1.72. The molecule has 0 saturated heterocycles. The zero-order valence-electron chi connectivity index (χ0n) is 13.8. The molecule has 3 rings (SSSR count). The van der Waals surface area contributed by atoms with Crippen LogP contribution in [0.25, 0.3) is 0 Å². The van der Waals surface area contributed by atoms with E-state index in [1.165, 1.54) is 18.0 Å². The lowest BCUT2D eigenvalue weighted by atomic mass is 10.1. The van der Waals surface area contributed by atoms with Crippen LogP contribution >= 0.6 is 0 Å². The monoisotopic (exact) mass is 336 g/mol. The molecule has 0 bridgehead atoms. The van der Waals surface area contributed by atoms with Gasteiger partial charge >= 0.3 is 0 Å². The molecule has 1 aromatic carbocycles. The Balaban J connectivity index is 1.41. The Bertz CT molecular complexity index is 771. The van der Waals surface area contributed by atoms with E-state index in [0.717, 1.165) is 18.6 Å². The Morgan fingerprint density at radius 3 is 2.56 bits per heavy atom. The van der Waals surface area contributed by atoms with Crippen molar-refractivity contribution in [1.29, 1.82) is 0 Å². The molecule has 6 nitrogen and oxygen atoms in total. The highest BCUT2D eigenvalue weighted by Crippen LogP contribution is 2.05. The first-order chi connectivity index (χ1) is 12.3. The number of nitrogens with zero attached hydrogens (tertiary/aromatic N) is 2. The molecule has 3 aromatic rings. The summed E-state index contributed by atoms with van der Waals surface area (Å²) in [4.78, 5) is 20.4. The lowest BCUT2D eigenvalue weighted by molar-refractivity contribution is 0.0952. The molecule has 0 spiro atoms. The van der Waals surface area contributed by atoms with Gasteiger partial charge in [-0.2, -0.15) is 0 Å². The van der Waals surface area contributed by atoms with Crippen molar-refractivity contribution in [2.75, 3.05) is 11.9 Å². The fourth-order valence-corrected chi connectivity index (χ4v) is 2.36. The van der Waals surface area contributed by atoms with Crippen molar-refractivity contribution in [3.8, 4) is 0 Å². The summed E-state index contributed by atoms with van der Waals surface area (Å²) in [6.45, 7) is 1.12. The van der Waals surface area contributed by atoms with E-state index in [9.17, 15) is 4.79 Å². The number of aryl methyl sites for hydroxylation is 1. The molecule has 128 valence electrons. The number of nitrogens with one attached hydrogen (secondary N) is 2. The molecular weight excluding hydrogens is 316 g/mol. The molecule has 0 aliphatic rings. The van der Waals surface area contributed by atoms with E-state index < -0.39 is 0 Å². The SMILES string of the molecule is O=C(NCCCc1ccccc1)c1cnc(NCc2ccco2)nc1. The van der Waals surface area contributed by atoms with E-state index in [0.29, 0.717) is 24.6 Å². The van der Waals surface area contributed by atoms with Gasteiger partial charge in [0.15, 0.2) is 0 Å². The highest BCUT2D eigenvalue weighted by Gasteiger charge is 2.07. The summed E-state index contributed by atoms with van der Waals surface area (Å²) < 4.78 is 5.22. The molecule has 0 aliphatic heterocycles. The molecule has 6 heteroatoms. The van der Waals surface area contributed by atoms with E-state index in [4.69, 9.17) is 4.42 Å². The smallest absolute Gasteiger partial charge is 0.254 e. The molecule has 1 amide bonds. The molecule has 2 N–H and O–H groups in total. The van der Waals surface area contributed by atoms with Crippen LogP contribution in [0, 0.1) is 0 Å². The number of hydrogen-bond acceptors (Lipinski definition) is 5. The predicted molar refractivity (Wildman–Crippen MR) is 95.2 cm³/mol. The highest BCUT2D eigenvalue weighted by atomic mass is 16.3. The first-order valence-electron chi connectivity index (χ1n) is 8.22. The molecule has 0 radical (unpaired) electrons. The minimum atomic E-state index is -0.161. The van der Waals surface area contributed by atoms with Crippen LogP contribution in [-0.4, -0.2) is 22.4 Å². The first-order valence-corrected chi connectivity index (χ1v) is 8.22. The quantitative estimate of drug-likeness (QED) is 0.618. The maximum Gasteiger partial charge on any atom is 0.254 e. The number of aromatic nitrogens is 2. The Kier molecular flexibility index (Phi) is 5.77. The van der Waals surface area contributed by atoms with E-state index in [2.05, 4.69) is 32.7 Å². The van der Waals surface area contributed by atoms with Crippen LogP contribution in [0.3, 0.4) is 0 Å². The molecule has 25 heavy (non-hydrogen) atoms. The van der Waals surface area contributed by atoms with Crippen molar-refractivity contribution in [1.82, 2.24) is 15.3 Å². The molecule has 0 atom stereocenters. The summed E-state index contributed by atoms with van der Waals surface area (Å²) in [5, 5.41) is 5.92. The van der Waals surface area contributed by atoms with Gasteiger partial charge in [0.05, 0.1) is 18.4 Å². The Morgan fingerprint density at radius 1 is 1.04 bits per heavy atom. The van der Waals surface area contributed by atoms with Crippen LogP contribution < -0.4 is 10.6 Å². The van der Waals surface area contributed by atoms with Gasteiger partial charge in [-0.3, -0.25) is 4.79 Å². The summed E-state index contributed by atoms with van der Waals surface area (Å²) >= 11 is 0. The average molecular weight is 336 g/mol. The zero-order valence-corrected chi connectivity index (χ0v) is 13.8. The number of rotatable bonds is 8. The van der Waals surface area contributed by atoms with E-state index in [-0.39, 0.29) is 5.91 Å². The third-order valence-electron chi connectivity index (χ3n) is 3.69. The van der Waals surface area contributed by atoms with E-state index >= 15 is 0 Å². The molecule has 0 aliphatic carbocycles. The van der Waals surface area contributed by atoms with Gasteiger partial charge in [-0.25, -0.2) is 9.97 Å².